The molecule has 5 nitrogen and oxygen atoms in total. The van der Waals surface area contributed by atoms with Crippen molar-refractivity contribution in [2.75, 3.05) is 13.1 Å². The Morgan fingerprint density at radius 2 is 2.04 bits per heavy atom. The lowest BCUT2D eigenvalue weighted by molar-refractivity contribution is 0.0213. The van der Waals surface area contributed by atoms with Gasteiger partial charge in [0.25, 0.3) is 0 Å². The Bertz CT molecular complexity index is 633. The van der Waals surface area contributed by atoms with E-state index in [9.17, 15) is 13.6 Å². The molecule has 2 fully saturated rings. The van der Waals surface area contributed by atoms with Crippen LogP contribution in [-0.4, -0.2) is 47.9 Å². The molecule has 3 atom stereocenters. The Morgan fingerprint density at radius 3 is 2.71 bits per heavy atom. The van der Waals surface area contributed by atoms with Gasteiger partial charge in [-0.3, -0.25) is 4.90 Å². The number of halogens is 2. The van der Waals surface area contributed by atoms with Gasteiger partial charge in [0.2, 0.25) is 0 Å². The van der Waals surface area contributed by atoms with Gasteiger partial charge in [-0.05, 0) is 45.9 Å². The number of carbonyl (C=O) groups excluding carboxylic acids is 1. The molecule has 0 aromatic heterocycles. The van der Waals surface area contributed by atoms with Gasteiger partial charge in [-0.1, -0.05) is 0 Å². The molecule has 2 aliphatic rings. The van der Waals surface area contributed by atoms with Crippen molar-refractivity contribution in [3.8, 4) is 5.75 Å². The van der Waals surface area contributed by atoms with Gasteiger partial charge in [-0.15, -0.1) is 0 Å². The van der Waals surface area contributed by atoms with Crippen molar-refractivity contribution in [3.63, 3.8) is 0 Å². The number of amides is 1. The normalized spacial score (nSPS) is 26.4. The minimum Gasteiger partial charge on any atom is -0.487 e. The summed E-state index contributed by atoms with van der Waals surface area (Å²) in [7, 11) is 0. The van der Waals surface area contributed by atoms with Crippen LogP contribution in [0.5, 0.6) is 5.75 Å². The number of hydrogen-bond acceptors (Lipinski definition) is 4. The lowest BCUT2D eigenvalue weighted by atomic mass is 10.1. The van der Waals surface area contributed by atoms with Crippen molar-refractivity contribution in [1.82, 2.24) is 10.2 Å². The predicted octanol–water partition coefficient (Wildman–Crippen LogP) is 2.69. The molecule has 0 bridgehead atoms. The van der Waals surface area contributed by atoms with Crippen LogP contribution in [0.3, 0.4) is 0 Å². The average molecular weight is 340 g/mol. The van der Waals surface area contributed by atoms with Crippen LogP contribution in [0.15, 0.2) is 18.2 Å². The van der Waals surface area contributed by atoms with Crippen LogP contribution < -0.4 is 10.1 Å². The number of likely N-dealkylation sites (tertiary alicyclic amines) is 1. The monoisotopic (exact) mass is 340 g/mol. The SMILES string of the molecule is CC(C)(C)OC(=O)N1CC(Oc2ccc(F)c(F)c2)C2NCCC21. The zero-order chi connectivity index (χ0) is 17.5. The van der Waals surface area contributed by atoms with Gasteiger partial charge in [0.1, 0.15) is 17.5 Å². The molecule has 3 unspecified atom stereocenters. The van der Waals surface area contributed by atoms with E-state index in [-0.39, 0.29) is 30.0 Å². The fourth-order valence-corrected chi connectivity index (χ4v) is 3.25. The summed E-state index contributed by atoms with van der Waals surface area (Å²) in [6.07, 6.45) is 0.0918. The van der Waals surface area contributed by atoms with Gasteiger partial charge in [0, 0.05) is 6.07 Å². The highest BCUT2D eigenvalue weighted by molar-refractivity contribution is 5.69. The number of hydrogen-bond donors (Lipinski definition) is 1. The average Bonchev–Trinajstić information content (AvgIpc) is 3.04. The second-order valence-corrected chi connectivity index (χ2v) is 7.20. The largest absolute Gasteiger partial charge is 0.487 e. The predicted molar refractivity (Wildman–Crippen MR) is 83.9 cm³/mol. The first-order valence-electron chi connectivity index (χ1n) is 8.09. The Balaban J connectivity index is 1.73. The molecule has 1 aromatic rings. The maximum Gasteiger partial charge on any atom is 0.410 e. The lowest BCUT2D eigenvalue weighted by Crippen LogP contribution is -2.42. The standard InChI is InChI=1S/C17H22F2N2O3/c1-17(2,3)24-16(22)21-9-14(15-13(21)6-7-20-15)23-10-4-5-11(18)12(19)8-10/h4-5,8,13-15,20H,6-7,9H2,1-3H3. The quantitative estimate of drug-likeness (QED) is 0.899. The Morgan fingerprint density at radius 1 is 1.29 bits per heavy atom. The maximum absolute atomic E-state index is 13.4. The fraction of sp³-hybridized carbons (Fsp3) is 0.588. The van der Waals surface area contributed by atoms with Crippen molar-refractivity contribution >= 4 is 6.09 Å². The summed E-state index contributed by atoms with van der Waals surface area (Å²) >= 11 is 0. The number of benzene rings is 1. The highest BCUT2D eigenvalue weighted by atomic mass is 19.2. The van der Waals surface area contributed by atoms with Crippen molar-refractivity contribution in [3.05, 3.63) is 29.8 Å². The molecule has 2 saturated heterocycles. The number of nitrogens with zero attached hydrogens (tertiary/aromatic N) is 1. The highest BCUT2D eigenvalue weighted by Gasteiger charge is 2.48. The number of nitrogens with one attached hydrogen (secondary N) is 1. The molecule has 1 aromatic carbocycles. The molecular formula is C17H22F2N2O3. The molecule has 24 heavy (non-hydrogen) atoms. The minimum atomic E-state index is -0.953. The topological polar surface area (TPSA) is 50.8 Å². The smallest absolute Gasteiger partial charge is 0.410 e. The molecule has 0 radical (unpaired) electrons. The second kappa shape index (κ2) is 6.20. The zero-order valence-electron chi connectivity index (χ0n) is 14.0. The van der Waals surface area contributed by atoms with E-state index in [1.165, 1.54) is 6.07 Å². The van der Waals surface area contributed by atoms with E-state index in [1.54, 1.807) is 4.90 Å². The van der Waals surface area contributed by atoms with Gasteiger partial charge in [-0.2, -0.15) is 0 Å². The fourth-order valence-electron chi connectivity index (χ4n) is 3.25. The minimum absolute atomic E-state index is 0.0184. The van der Waals surface area contributed by atoms with Gasteiger partial charge in [0.15, 0.2) is 11.6 Å². The summed E-state index contributed by atoms with van der Waals surface area (Å²) in [5.41, 5.74) is -0.572. The lowest BCUT2D eigenvalue weighted by Gasteiger charge is -2.27. The van der Waals surface area contributed by atoms with E-state index in [1.807, 2.05) is 20.8 Å². The van der Waals surface area contributed by atoms with Crippen molar-refractivity contribution in [1.29, 1.82) is 0 Å². The van der Waals surface area contributed by atoms with E-state index in [4.69, 9.17) is 9.47 Å². The molecule has 0 spiro atoms. The van der Waals surface area contributed by atoms with Gasteiger partial charge in [-0.25, -0.2) is 13.6 Å². The first-order chi connectivity index (χ1) is 11.2. The van der Waals surface area contributed by atoms with E-state index in [0.29, 0.717) is 6.54 Å². The number of fused-ring (bicyclic) bond motifs is 1. The summed E-state index contributed by atoms with van der Waals surface area (Å²) in [6, 6.07) is 3.37. The molecule has 2 aliphatic heterocycles. The van der Waals surface area contributed by atoms with E-state index in [0.717, 1.165) is 25.1 Å². The molecule has 0 aliphatic carbocycles. The van der Waals surface area contributed by atoms with Crippen molar-refractivity contribution < 1.29 is 23.0 Å². The molecule has 7 heteroatoms. The van der Waals surface area contributed by atoms with Gasteiger partial charge in [0.05, 0.1) is 18.6 Å². The molecule has 3 rings (SSSR count). The Hall–Kier alpha value is -1.89. The summed E-state index contributed by atoms with van der Waals surface area (Å²) in [5, 5.41) is 3.32. The van der Waals surface area contributed by atoms with Crippen molar-refractivity contribution in [2.24, 2.45) is 0 Å². The molecular weight excluding hydrogens is 318 g/mol. The van der Waals surface area contributed by atoms with Crippen LogP contribution in [0.1, 0.15) is 27.2 Å². The summed E-state index contributed by atoms with van der Waals surface area (Å²) in [4.78, 5) is 14.1. The van der Waals surface area contributed by atoms with Crippen molar-refractivity contribution in [2.45, 2.75) is 51.0 Å². The first-order valence-corrected chi connectivity index (χ1v) is 8.09. The van der Waals surface area contributed by atoms with Crippen LogP contribution in [0.2, 0.25) is 0 Å². The van der Waals surface area contributed by atoms with E-state index < -0.39 is 17.2 Å². The molecule has 2 heterocycles. The Labute approximate surface area is 139 Å². The van der Waals surface area contributed by atoms with E-state index >= 15 is 0 Å². The van der Waals surface area contributed by atoms with E-state index in [2.05, 4.69) is 5.32 Å². The number of rotatable bonds is 2. The van der Waals surface area contributed by atoms with Crippen LogP contribution in [-0.2, 0) is 4.74 Å². The molecule has 0 saturated carbocycles. The van der Waals surface area contributed by atoms with Crippen LogP contribution in [0.4, 0.5) is 13.6 Å². The van der Waals surface area contributed by atoms with Gasteiger partial charge >= 0.3 is 6.09 Å². The molecule has 132 valence electrons. The maximum atomic E-state index is 13.4. The summed E-state index contributed by atoms with van der Waals surface area (Å²) < 4.78 is 37.7. The number of ether oxygens (including phenoxy) is 2. The third-order valence-corrected chi connectivity index (χ3v) is 4.22. The molecule has 1 N–H and O–H groups in total. The first kappa shape index (κ1) is 17.0. The van der Waals surface area contributed by atoms with Crippen LogP contribution in [0.25, 0.3) is 0 Å². The number of carbonyl (C=O) groups is 1. The zero-order valence-corrected chi connectivity index (χ0v) is 14.0. The summed E-state index contributed by atoms with van der Waals surface area (Å²) in [5.74, 6) is -1.62. The molecule has 1 amide bonds. The highest BCUT2D eigenvalue weighted by Crippen LogP contribution is 2.30. The van der Waals surface area contributed by atoms with Gasteiger partial charge < -0.3 is 14.8 Å². The Kier molecular flexibility index (Phi) is 4.38. The summed E-state index contributed by atoms with van der Waals surface area (Å²) in [6.45, 7) is 6.57. The second-order valence-electron chi connectivity index (χ2n) is 7.20. The van der Waals surface area contributed by atoms with Crippen LogP contribution >= 0.6 is 0 Å². The third-order valence-electron chi connectivity index (χ3n) is 4.22. The van der Waals surface area contributed by atoms with Crippen LogP contribution in [0, 0.1) is 11.6 Å². The third kappa shape index (κ3) is 3.45.